The first-order valence-corrected chi connectivity index (χ1v) is 8.39. The number of unbranched alkanes of at least 4 members (excludes halogenated alkanes) is 1. The fourth-order valence-corrected chi connectivity index (χ4v) is 2.99. The number of nitrogens with zero attached hydrogens (tertiary/aromatic N) is 4. The molecule has 2 atom stereocenters. The minimum atomic E-state index is -0.302. The van der Waals surface area contributed by atoms with Gasteiger partial charge in [0.15, 0.2) is 0 Å². The van der Waals surface area contributed by atoms with Crippen LogP contribution >= 0.6 is 0 Å². The number of amides is 2. The molecule has 0 aromatic rings. The number of methoxy groups -OCH3 is 1. The zero-order valence-electron chi connectivity index (χ0n) is 15.2. The third kappa shape index (κ3) is 4.99. The van der Waals surface area contributed by atoms with Gasteiger partial charge in [-0.3, -0.25) is 19.5 Å². The lowest BCUT2D eigenvalue weighted by molar-refractivity contribution is -0.171. The maximum Gasteiger partial charge on any atom is 0.240 e. The van der Waals surface area contributed by atoms with Crippen LogP contribution in [-0.4, -0.2) is 98.1 Å². The summed E-state index contributed by atoms with van der Waals surface area (Å²) in [5, 5.41) is 3.06. The summed E-state index contributed by atoms with van der Waals surface area (Å²) in [6, 6.07) is -0.271. The minimum Gasteiger partial charge on any atom is -0.383 e. The molecule has 0 N–H and O–H groups in total. The van der Waals surface area contributed by atoms with Crippen LogP contribution in [0, 0.1) is 0 Å². The zero-order valence-corrected chi connectivity index (χ0v) is 15.2. The standard InChI is InChI=1S/C16H30N4O4/c1-5-6-7-14-16(23)19(9-11-24-4)12-15(18(14)3)20(13-22)17(2)8-10-21/h10,13-15H,5-9,11-12H2,1-4H3/t14-,15?/m0/s1. The molecule has 1 rings (SSSR count). The summed E-state index contributed by atoms with van der Waals surface area (Å²) in [7, 11) is 5.15. The van der Waals surface area contributed by atoms with Crippen molar-refractivity contribution >= 4 is 18.6 Å². The Bertz CT molecular complexity index is 421. The number of rotatable bonds is 11. The molecule has 1 saturated heterocycles. The summed E-state index contributed by atoms with van der Waals surface area (Å²) in [6.45, 7) is 3.54. The summed E-state index contributed by atoms with van der Waals surface area (Å²) < 4.78 is 5.10. The highest BCUT2D eigenvalue weighted by atomic mass is 16.5. The predicted octanol–water partition coefficient (Wildman–Crippen LogP) is -0.204. The second-order valence-corrected chi connectivity index (χ2v) is 6.07. The molecule has 8 nitrogen and oxygen atoms in total. The van der Waals surface area contributed by atoms with E-state index in [1.54, 1.807) is 24.1 Å². The van der Waals surface area contributed by atoms with Crippen molar-refractivity contribution in [3.63, 3.8) is 0 Å². The molecule has 0 saturated carbocycles. The molecule has 24 heavy (non-hydrogen) atoms. The Morgan fingerprint density at radius 2 is 2.08 bits per heavy atom. The lowest BCUT2D eigenvalue weighted by Crippen LogP contribution is -2.67. The molecule has 8 heteroatoms. The van der Waals surface area contributed by atoms with Gasteiger partial charge in [-0.1, -0.05) is 19.8 Å². The lowest BCUT2D eigenvalue weighted by Gasteiger charge is -2.49. The van der Waals surface area contributed by atoms with Crippen molar-refractivity contribution in [1.82, 2.24) is 19.8 Å². The van der Waals surface area contributed by atoms with Gasteiger partial charge in [0.2, 0.25) is 12.3 Å². The molecule has 1 heterocycles. The number of likely N-dealkylation sites (N-methyl/N-ethyl adjacent to an activating group) is 2. The average Bonchev–Trinajstić information content (AvgIpc) is 2.56. The van der Waals surface area contributed by atoms with E-state index in [0.717, 1.165) is 25.5 Å². The molecule has 1 unspecified atom stereocenters. The predicted molar refractivity (Wildman–Crippen MR) is 89.9 cm³/mol. The van der Waals surface area contributed by atoms with Crippen LogP contribution < -0.4 is 0 Å². The molecule has 0 aromatic carbocycles. The summed E-state index contributed by atoms with van der Waals surface area (Å²) in [4.78, 5) is 38.8. The average molecular weight is 342 g/mol. The SMILES string of the molecule is CCCC[C@H]1C(=O)N(CCOC)CC(N(C=O)N(C)CC=O)N1C. The highest BCUT2D eigenvalue weighted by Gasteiger charge is 2.41. The third-order valence-corrected chi connectivity index (χ3v) is 4.48. The number of carbonyl (C=O) groups is 3. The maximum absolute atomic E-state index is 12.8. The van der Waals surface area contributed by atoms with Gasteiger partial charge in [0.1, 0.15) is 12.5 Å². The van der Waals surface area contributed by atoms with Gasteiger partial charge >= 0.3 is 0 Å². The Labute approximate surface area is 144 Å². The van der Waals surface area contributed by atoms with Gasteiger partial charge in [0, 0.05) is 20.7 Å². The van der Waals surface area contributed by atoms with E-state index >= 15 is 0 Å². The molecule has 0 bridgehead atoms. The zero-order chi connectivity index (χ0) is 18.1. The topological polar surface area (TPSA) is 73.4 Å². The molecule has 0 aromatic heterocycles. The van der Waals surface area contributed by atoms with Gasteiger partial charge in [-0.2, -0.15) is 0 Å². The molecular formula is C16H30N4O4. The van der Waals surface area contributed by atoms with Gasteiger partial charge in [-0.05, 0) is 13.5 Å². The molecule has 1 fully saturated rings. The first kappa shape index (κ1) is 20.5. The Hall–Kier alpha value is -1.51. The Morgan fingerprint density at radius 1 is 1.38 bits per heavy atom. The van der Waals surface area contributed by atoms with E-state index in [0.29, 0.717) is 26.1 Å². The fraction of sp³-hybridized carbons (Fsp3) is 0.812. The van der Waals surface area contributed by atoms with Crippen LogP contribution in [-0.2, 0) is 19.1 Å². The number of hydrogen-bond acceptors (Lipinski definition) is 6. The molecular weight excluding hydrogens is 312 g/mol. The van der Waals surface area contributed by atoms with Gasteiger partial charge < -0.3 is 14.4 Å². The Balaban J connectivity index is 3.00. The van der Waals surface area contributed by atoms with E-state index in [1.165, 1.54) is 5.01 Å². The molecule has 2 amide bonds. The first-order chi connectivity index (χ1) is 11.5. The number of aldehydes is 1. The first-order valence-electron chi connectivity index (χ1n) is 8.39. The van der Waals surface area contributed by atoms with Crippen LogP contribution in [0.2, 0.25) is 0 Å². The van der Waals surface area contributed by atoms with Gasteiger partial charge in [0.05, 0.1) is 25.7 Å². The number of hydrogen-bond donors (Lipinski definition) is 0. The monoisotopic (exact) mass is 342 g/mol. The molecule has 0 radical (unpaired) electrons. The second kappa shape index (κ2) is 10.4. The number of hydrazine groups is 1. The van der Waals surface area contributed by atoms with E-state index < -0.39 is 0 Å². The number of ether oxygens (including phenoxy) is 1. The minimum absolute atomic E-state index is 0.0724. The second-order valence-electron chi connectivity index (χ2n) is 6.07. The highest BCUT2D eigenvalue weighted by molar-refractivity contribution is 5.83. The van der Waals surface area contributed by atoms with Gasteiger partial charge in [-0.15, -0.1) is 0 Å². The summed E-state index contributed by atoms with van der Waals surface area (Å²) >= 11 is 0. The van der Waals surface area contributed by atoms with Gasteiger partial charge in [0.25, 0.3) is 0 Å². The van der Waals surface area contributed by atoms with E-state index in [4.69, 9.17) is 4.74 Å². The fourth-order valence-electron chi connectivity index (χ4n) is 2.99. The summed E-state index contributed by atoms with van der Waals surface area (Å²) in [5.74, 6) is 0.0724. The number of piperazine rings is 1. The van der Waals surface area contributed by atoms with E-state index in [1.807, 2.05) is 11.9 Å². The molecule has 1 aliphatic rings. The maximum atomic E-state index is 12.8. The summed E-state index contributed by atoms with van der Waals surface area (Å²) in [5.41, 5.74) is 0. The van der Waals surface area contributed by atoms with Crippen LogP contribution in [0.15, 0.2) is 0 Å². The van der Waals surface area contributed by atoms with E-state index in [2.05, 4.69) is 6.92 Å². The quantitative estimate of drug-likeness (QED) is 0.382. The Morgan fingerprint density at radius 3 is 2.62 bits per heavy atom. The molecule has 0 spiro atoms. The van der Waals surface area contributed by atoms with E-state index in [-0.39, 0.29) is 24.7 Å². The van der Waals surface area contributed by atoms with Crippen LogP contribution in [0.4, 0.5) is 0 Å². The van der Waals surface area contributed by atoms with Crippen molar-refractivity contribution in [2.45, 2.75) is 38.4 Å². The largest absolute Gasteiger partial charge is 0.383 e. The lowest BCUT2D eigenvalue weighted by atomic mass is 10.0. The van der Waals surface area contributed by atoms with Crippen molar-refractivity contribution in [2.75, 3.05) is 47.4 Å². The van der Waals surface area contributed by atoms with Crippen LogP contribution in [0.25, 0.3) is 0 Å². The van der Waals surface area contributed by atoms with E-state index in [9.17, 15) is 14.4 Å². The normalized spacial score (nSPS) is 22.0. The third-order valence-electron chi connectivity index (χ3n) is 4.48. The molecule has 1 aliphatic heterocycles. The van der Waals surface area contributed by atoms with Gasteiger partial charge in [-0.25, -0.2) is 5.01 Å². The molecule has 138 valence electrons. The van der Waals surface area contributed by atoms with Crippen LogP contribution in [0.1, 0.15) is 26.2 Å². The van der Waals surface area contributed by atoms with Crippen molar-refractivity contribution in [3.05, 3.63) is 0 Å². The van der Waals surface area contributed by atoms with Crippen LogP contribution in [0.5, 0.6) is 0 Å². The van der Waals surface area contributed by atoms with Crippen molar-refractivity contribution in [3.8, 4) is 0 Å². The van der Waals surface area contributed by atoms with Crippen molar-refractivity contribution in [1.29, 1.82) is 0 Å². The van der Waals surface area contributed by atoms with Crippen molar-refractivity contribution in [2.24, 2.45) is 0 Å². The molecule has 0 aliphatic carbocycles. The van der Waals surface area contributed by atoms with Crippen LogP contribution in [0.3, 0.4) is 0 Å². The number of carbonyl (C=O) groups excluding carboxylic acids is 3. The highest BCUT2D eigenvalue weighted by Crippen LogP contribution is 2.22. The summed E-state index contributed by atoms with van der Waals surface area (Å²) in [6.07, 6.45) is 3.85. The van der Waals surface area contributed by atoms with Crippen molar-refractivity contribution < 1.29 is 19.1 Å². The smallest absolute Gasteiger partial charge is 0.240 e. The Kier molecular flexibility index (Phi) is 8.88.